The van der Waals surface area contributed by atoms with Gasteiger partial charge in [0.15, 0.2) is 11.5 Å². The normalized spacial score (nSPS) is 19.1. The number of aromatic nitrogens is 2. The summed E-state index contributed by atoms with van der Waals surface area (Å²) in [7, 11) is 3.34. The Kier molecular flexibility index (Phi) is 7.59. The van der Waals surface area contributed by atoms with E-state index in [-0.39, 0.29) is 6.10 Å². The molecule has 7 heteroatoms. The van der Waals surface area contributed by atoms with Gasteiger partial charge < -0.3 is 19.1 Å². The zero-order valence-electron chi connectivity index (χ0n) is 18.8. The van der Waals surface area contributed by atoms with E-state index in [1.807, 2.05) is 18.5 Å². The van der Waals surface area contributed by atoms with Gasteiger partial charge in [0.2, 0.25) is 5.95 Å². The fourth-order valence-electron chi connectivity index (χ4n) is 4.44. The maximum atomic E-state index is 5.91. The molecule has 1 atom stereocenters. The molecular formula is C24H34N4O3. The lowest BCUT2D eigenvalue weighted by atomic mass is 10.1. The lowest BCUT2D eigenvalue weighted by Gasteiger charge is -2.27. The molecule has 1 aromatic carbocycles. The fraction of sp³-hybridized carbons (Fsp3) is 0.583. The SMILES string of the molecule is COc1ccc(CN(Cc2cnc(N3CCCCC3)nc2)C[C@@H]2CCCO2)cc1OC. The first-order chi connectivity index (χ1) is 15.2. The summed E-state index contributed by atoms with van der Waals surface area (Å²) < 4.78 is 16.8. The zero-order valence-corrected chi connectivity index (χ0v) is 18.8. The van der Waals surface area contributed by atoms with E-state index in [1.54, 1.807) is 14.2 Å². The van der Waals surface area contributed by atoms with Crippen LogP contribution >= 0.6 is 0 Å². The summed E-state index contributed by atoms with van der Waals surface area (Å²) in [6.07, 6.45) is 10.3. The maximum Gasteiger partial charge on any atom is 0.225 e. The molecule has 2 aliphatic rings. The molecule has 2 saturated heterocycles. The van der Waals surface area contributed by atoms with E-state index in [1.165, 1.54) is 24.8 Å². The van der Waals surface area contributed by atoms with E-state index in [9.17, 15) is 0 Å². The maximum absolute atomic E-state index is 5.91. The number of hydrogen-bond acceptors (Lipinski definition) is 7. The van der Waals surface area contributed by atoms with Crippen molar-refractivity contribution in [2.24, 2.45) is 0 Å². The Bertz CT molecular complexity index is 818. The van der Waals surface area contributed by atoms with Crippen molar-refractivity contribution in [3.63, 3.8) is 0 Å². The molecule has 0 unspecified atom stereocenters. The van der Waals surface area contributed by atoms with Crippen molar-refractivity contribution in [1.29, 1.82) is 0 Å². The third-order valence-corrected chi connectivity index (χ3v) is 6.08. The van der Waals surface area contributed by atoms with Gasteiger partial charge in [-0.3, -0.25) is 4.90 Å². The first-order valence-electron chi connectivity index (χ1n) is 11.4. The van der Waals surface area contributed by atoms with Crippen LogP contribution in [0, 0.1) is 0 Å². The van der Waals surface area contributed by atoms with Crippen LogP contribution in [-0.2, 0) is 17.8 Å². The molecule has 31 heavy (non-hydrogen) atoms. The zero-order chi connectivity index (χ0) is 21.5. The van der Waals surface area contributed by atoms with Crippen molar-refractivity contribution < 1.29 is 14.2 Å². The topological polar surface area (TPSA) is 60.0 Å². The first kappa shape index (κ1) is 21.8. The number of methoxy groups -OCH3 is 2. The second-order valence-corrected chi connectivity index (χ2v) is 8.43. The summed E-state index contributed by atoms with van der Waals surface area (Å²) in [4.78, 5) is 14.0. The molecule has 7 nitrogen and oxygen atoms in total. The monoisotopic (exact) mass is 426 g/mol. The second-order valence-electron chi connectivity index (χ2n) is 8.43. The fourth-order valence-corrected chi connectivity index (χ4v) is 4.44. The van der Waals surface area contributed by atoms with Gasteiger partial charge in [-0.05, 0) is 49.8 Å². The van der Waals surface area contributed by atoms with Gasteiger partial charge in [0, 0.05) is 57.3 Å². The van der Waals surface area contributed by atoms with Crippen molar-refractivity contribution in [1.82, 2.24) is 14.9 Å². The van der Waals surface area contributed by atoms with E-state index >= 15 is 0 Å². The van der Waals surface area contributed by atoms with Gasteiger partial charge in [0.05, 0.1) is 20.3 Å². The molecule has 4 rings (SSSR count). The summed E-state index contributed by atoms with van der Waals surface area (Å²) in [6, 6.07) is 6.12. The number of hydrogen-bond donors (Lipinski definition) is 0. The van der Waals surface area contributed by atoms with Gasteiger partial charge in [-0.1, -0.05) is 6.07 Å². The van der Waals surface area contributed by atoms with Gasteiger partial charge >= 0.3 is 0 Å². The average molecular weight is 427 g/mol. The Balaban J connectivity index is 1.45. The number of rotatable bonds is 9. The molecule has 0 amide bonds. The largest absolute Gasteiger partial charge is 0.493 e. The van der Waals surface area contributed by atoms with Crippen molar-refractivity contribution >= 4 is 5.95 Å². The quantitative estimate of drug-likeness (QED) is 0.606. The molecule has 2 fully saturated rings. The Morgan fingerprint density at radius 1 is 0.968 bits per heavy atom. The Morgan fingerprint density at radius 3 is 2.39 bits per heavy atom. The number of ether oxygens (including phenoxy) is 3. The van der Waals surface area contributed by atoms with Crippen LogP contribution in [0.3, 0.4) is 0 Å². The number of benzene rings is 1. The molecular weight excluding hydrogens is 392 g/mol. The Hall–Kier alpha value is -2.38. The molecule has 2 aromatic rings. The highest BCUT2D eigenvalue weighted by atomic mass is 16.5. The molecule has 168 valence electrons. The molecule has 2 aliphatic heterocycles. The van der Waals surface area contributed by atoms with Gasteiger partial charge in [0.25, 0.3) is 0 Å². The minimum atomic E-state index is 0.286. The van der Waals surface area contributed by atoms with Crippen molar-refractivity contribution in [2.45, 2.75) is 51.3 Å². The smallest absolute Gasteiger partial charge is 0.225 e. The average Bonchev–Trinajstić information content (AvgIpc) is 3.33. The van der Waals surface area contributed by atoms with E-state index in [0.717, 1.165) is 75.2 Å². The van der Waals surface area contributed by atoms with E-state index in [0.29, 0.717) is 0 Å². The Morgan fingerprint density at radius 2 is 1.71 bits per heavy atom. The van der Waals surface area contributed by atoms with Gasteiger partial charge in [-0.2, -0.15) is 0 Å². The minimum absolute atomic E-state index is 0.286. The molecule has 0 spiro atoms. The van der Waals surface area contributed by atoms with Crippen LogP contribution in [0.2, 0.25) is 0 Å². The first-order valence-corrected chi connectivity index (χ1v) is 11.4. The van der Waals surface area contributed by atoms with Crippen LogP contribution in [0.5, 0.6) is 11.5 Å². The van der Waals surface area contributed by atoms with Crippen LogP contribution < -0.4 is 14.4 Å². The predicted molar refractivity (Wildman–Crippen MR) is 121 cm³/mol. The highest BCUT2D eigenvalue weighted by Crippen LogP contribution is 2.28. The second kappa shape index (κ2) is 10.8. The van der Waals surface area contributed by atoms with Gasteiger partial charge in [0.1, 0.15) is 0 Å². The molecule has 0 bridgehead atoms. The molecule has 1 aromatic heterocycles. The molecule has 0 aliphatic carbocycles. The summed E-state index contributed by atoms with van der Waals surface area (Å²) in [6.45, 7) is 5.46. The third kappa shape index (κ3) is 5.86. The highest BCUT2D eigenvalue weighted by molar-refractivity contribution is 5.42. The van der Waals surface area contributed by atoms with Crippen molar-refractivity contribution in [3.8, 4) is 11.5 Å². The van der Waals surface area contributed by atoms with Gasteiger partial charge in [-0.15, -0.1) is 0 Å². The summed E-state index contributed by atoms with van der Waals surface area (Å²) in [5.74, 6) is 2.36. The van der Waals surface area contributed by atoms with Crippen molar-refractivity contribution in [2.75, 3.05) is 45.4 Å². The minimum Gasteiger partial charge on any atom is -0.493 e. The molecule has 0 N–H and O–H groups in total. The van der Waals surface area contributed by atoms with Crippen LogP contribution in [0.1, 0.15) is 43.2 Å². The summed E-state index contributed by atoms with van der Waals surface area (Å²) in [5, 5.41) is 0. The van der Waals surface area contributed by atoms with E-state index in [4.69, 9.17) is 14.2 Å². The lowest BCUT2D eigenvalue weighted by molar-refractivity contribution is 0.0678. The number of piperidine rings is 1. The van der Waals surface area contributed by atoms with E-state index < -0.39 is 0 Å². The molecule has 3 heterocycles. The van der Waals surface area contributed by atoms with Gasteiger partial charge in [-0.25, -0.2) is 9.97 Å². The molecule has 0 saturated carbocycles. The Labute approximate surface area is 185 Å². The number of anilines is 1. The van der Waals surface area contributed by atoms with Crippen LogP contribution in [0.4, 0.5) is 5.95 Å². The summed E-state index contributed by atoms with van der Waals surface area (Å²) in [5.41, 5.74) is 2.31. The lowest BCUT2D eigenvalue weighted by Crippen LogP contribution is -2.32. The van der Waals surface area contributed by atoms with Crippen molar-refractivity contribution in [3.05, 3.63) is 41.7 Å². The van der Waals surface area contributed by atoms with Crippen LogP contribution in [-0.4, -0.2) is 61.4 Å². The van der Waals surface area contributed by atoms with E-state index in [2.05, 4.69) is 31.9 Å². The highest BCUT2D eigenvalue weighted by Gasteiger charge is 2.21. The molecule has 0 radical (unpaired) electrons. The third-order valence-electron chi connectivity index (χ3n) is 6.08. The van der Waals surface area contributed by atoms with Crippen LogP contribution in [0.25, 0.3) is 0 Å². The standard InChI is InChI=1S/C24H34N4O3/c1-29-22-9-8-19(13-23(22)30-2)16-27(18-21-7-6-12-31-21)17-20-14-25-24(26-15-20)28-10-4-3-5-11-28/h8-9,13-15,21H,3-7,10-12,16-18H2,1-2H3/t21-/m0/s1. The van der Waals surface area contributed by atoms with Crippen LogP contribution in [0.15, 0.2) is 30.6 Å². The predicted octanol–water partition coefficient (Wildman–Crippen LogP) is 3.67. The number of nitrogens with zero attached hydrogens (tertiary/aromatic N) is 4. The summed E-state index contributed by atoms with van der Waals surface area (Å²) >= 11 is 0.